The van der Waals surface area contributed by atoms with Crippen LogP contribution in [0.1, 0.15) is 19.4 Å². The van der Waals surface area contributed by atoms with Crippen LogP contribution in [-0.2, 0) is 0 Å². The first-order chi connectivity index (χ1) is 7.54. The highest BCUT2D eigenvalue weighted by Gasteiger charge is 2.11. The quantitative estimate of drug-likeness (QED) is 0.807. The Morgan fingerprint density at radius 1 is 1.38 bits per heavy atom. The number of aryl methyl sites for hydroxylation is 1. The highest BCUT2D eigenvalue weighted by molar-refractivity contribution is 5.50. The topological polar surface area (TPSA) is 38.0 Å². The summed E-state index contributed by atoms with van der Waals surface area (Å²) in [5.74, 6) is 0.810. The summed E-state index contributed by atoms with van der Waals surface area (Å²) in [5, 5.41) is 3.33. The lowest BCUT2D eigenvalue weighted by Crippen LogP contribution is -2.27. The molecule has 2 nitrogen and oxygen atoms in total. The molecule has 3 N–H and O–H groups in total. The maximum Gasteiger partial charge on any atom is 0.123 e. The maximum atomic E-state index is 12.9. The summed E-state index contributed by atoms with van der Waals surface area (Å²) in [6.45, 7) is 7.73. The SMILES string of the molecule is Cc1cc(F)ccc1NCC(CN)C(C)C. The molecule has 0 fully saturated rings. The molecule has 1 rings (SSSR count). The van der Waals surface area contributed by atoms with E-state index in [4.69, 9.17) is 5.73 Å². The Hall–Kier alpha value is -1.09. The summed E-state index contributed by atoms with van der Waals surface area (Å²) in [6.07, 6.45) is 0. The molecule has 0 aliphatic heterocycles. The molecular formula is C13H21FN2. The normalized spacial score (nSPS) is 12.9. The molecule has 0 heterocycles. The molecule has 1 unspecified atom stereocenters. The molecular weight excluding hydrogens is 203 g/mol. The van der Waals surface area contributed by atoms with Crippen LogP contribution in [0, 0.1) is 24.6 Å². The molecule has 0 aliphatic rings. The fourth-order valence-electron chi connectivity index (χ4n) is 1.66. The van der Waals surface area contributed by atoms with E-state index in [-0.39, 0.29) is 5.82 Å². The predicted octanol–water partition coefficient (Wildman–Crippen LogP) is 2.78. The van der Waals surface area contributed by atoms with Gasteiger partial charge in [0.1, 0.15) is 5.82 Å². The van der Waals surface area contributed by atoms with Gasteiger partial charge in [-0.05, 0) is 49.1 Å². The van der Waals surface area contributed by atoms with Gasteiger partial charge in [-0.15, -0.1) is 0 Å². The molecule has 0 aliphatic carbocycles. The van der Waals surface area contributed by atoms with Crippen molar-refractivity contribution in [3.8, 4) is 0 Å². The van der Waals surface area contributed by atoms with Crippen LogP contribution in [0.4, 0.5) is 10.1 Å². The summed E-state index contributed by atoms with van der Waals surface area (Å²) < 4.78 is 12.9. The largest absolute Gasteiger partial charge is 0.384 e. The second-order valence-electron chi connectivity index (χ2n) is 4.58. The third-order valence-corrected chi connectivity index (χ3v) is 2.99. The van der Waals surface area contributed by atoms with E-state index in [1.807, 2.05) is 6.92 Å². The van der Waals surface area contributed by atoms with Crippen molar-refractivity contribution < 1.29 is 4.39 Å². The molecule has 0 radical (unpaired) electrons. The number of halogens is 1. The summed E-state index contributed by atoms with van der Waals surface area (Å²) in [5.41, 5.74) is 7.62. The van der Waals surface area contributed by atoms with Crippen molar-refractivity contribution in [3.63, 3.8) is 0 Å². The lowest BCUT2D eigenvalue weighted by atomic mass is 9.96. The van der Waals surface area contributed by atoms with E-state index >= 15 is 0 Å². The van der Waals surface area contributed by atoms with Gasteiger partial charge in [0.05, 0.1) is 0 Å². The van der Waals surface area contributed by atoms with Gasteiger partial charge in [0, 0.05) is 12.2 Å². The van der Waals surface area contributed by atoms with Crippen LogP contribution >= 0.6 is 0 Å². The van der Waals surface area contributed by atoms with Crippen LogP contribution in [0.3, 0.4) is 0 Å². The number of nitrogens with one attached hydrogen (secondary N) is 1. The Morgan fingerprint density at radius 3 is 2.56 bits per heavy atom. The highest BCUT2D eigenvalue weighted by atomic mass is 19.1. The fraction of sp³-hybridized carbons (Fsp3) is 0.538. The number of hydrogen-bond acceptors (Lipinski definition) is 2. The smallest absolute Gasteiger partial charge is 0.123 e. The van der Waals surface area contributed by atoms with Crippen molar-refractivity contribution in [3.05, 3.63) is 29.6 Å². The molecule has 0 bridgehead atoms. The van der Waals surface area contributed by atoms with E-state index in [1.165, 1.54) is 12.1 Å². The van der Waals surface area contributed by atoms with Crippen molar-refractivity contribution in [2.45, 2.75) is 20.8 Å². The number of rotatable bonds is 5. The molecule has 1 atom stereocenters. The van der Waals surface area contributed by atoms with Gasteiger partial charge in [-0.3, -0.25) is 0 Å². The first-order valence-corrected chi connectivity index (χ1v) is 5.74. The minimum absolute atomic E-state index is 0.192. The Balaban J connectivity index is 2.60. The zero-order chi connectivity index (χ0) is 12.1. The average Bonchev–Trinajstić information content (AvgIpc) is 2.21. The van der Waals surface area contributed by atoms with Crippen LogP contribution in [0.5, 0.6) is 0 Å². The van der Waals surface area contributed by atoms with Gasteiger partial charge < -0.3 is 11.1 Å². The molecule has 3 heteroatoms. The van der Waals surface area contributed by atoms with Gasteiger partial charge >= 0.3 is 0 Å². The summed E-state index contributed by atoms with van der Waals surface area (Å²) in [6, 6.07) is 4.79. The second-order valence-corrected chi connectivity index (χ2v) is 4.58. The number of hydrogen-bond donors (Lipinski definition) is 2. The minimum atomic E-state index is -0.192. The lowest BCUT2D eigenvalue weighted by Gasteiger charge is -2.20. The van der Waals surface area contributed by atoms with E-state index in [0.29, 0.717) is 18.4 Å². The highest BCUT2D eigenvalue weighted by Crippen LogP contribution is 2.17. The van der Waals surface area contributed by atoms with Gasteiger partial charge in [-0.25, -0.2) is 4.39 Å². The number of anilines is 1. The van der Waals surface area contributed by atoms with Crippen LogP contribution < -0.4 is 11.1 Å². The average molecular weight is 224 g/mol. The Bertz CT molecular complexity index is 337. The van der Waals surface area contributed by atoms with Crippen molar-refractivity contribution >= 4 is 5.69 Å². The summed E-state index contributed by atoms with van der Waals surface area (Å²) >= 11 is 0. The molecule has 16 heavy (non-hydrogen) atoms. The fourth-order valence-corrected chi connectivity index (χ4v) is 1.66. The molecule has 0 spiro atoms. The number of nitrogens with two attached hydrogens (primary N) is 1. The molecule has 0 saturated heterocycles. The van der Waals surface area contributed by atoms with Crippen molar-refractivity contribution in [2.75, 3.05) is 18.4 Å². The van der Waals surface area contributed by atoms with E-state index in [0.717, 1.165) is 17.8 Å². The Labute approximate surface area is 97.0 Å². The van der Waals surface area contributed by atoms with Crippen LogP contribution in [0.15, 0.2) is 18.2 Å². The third kappa shape index (κ3) is 3.49. The van der Waals surface area contributed by atoms with Gasteiger partial charge in [-0.2, -0.15) is 0 Å². The van der Waals surface area contributed by atoms with E-state index in [2.05, 4.69) is 19.2 Å². The summed E-state index contributed by atoms with van der Waals surface area (Å²) in [7, 11) is 0. The monoisotopic (exact) mass is 224 g/mol. The van der Waals surface area contributed by atoms with E-state index in [9.17, 15) is 4.39 Å². The Kier molecular flexibility index (Phi) is 4.74. The molecule has 0 aromatic heterocycles. The molecule has 1 aromatic carbocycles. The Morgan fingerprint density at radius 2 is 2.06 bits per heavy atom. The van der Waals surface area contributed by atoms with Crippen LogP contribution in [0.2, 0.25) is 0 Å². The van der Waals surface area contributed by atoms with E-state index < -0.39 is 0 Å². The van der Waals surface area contributed by atoms with Gasteiger partial charge in [-0.1, -0.05) is 13.8 Å². The minimum Gasteiger partial charge on any atom is -0.384 e. The molecule has 1 aromatic rings. The van der Waals surface area contributed by atoms with E-state index in [1.54, 1.807) is 6.07 Å². The molecule has 0 amide bonds. The molecule has 90 valence electrons. The van der Waals surface area contributed by atoms with Crippen molar-refractivity contribution in [2.24, 2.45) is 17.6 Å². The van der Waals surface area contributed by atoms with Crippen molar-refractivity contribution in [1.29, 1.82) is 0 Å². The standard InChI is InChI=1S/C13H21FN2/c1-9(2)11(7-15)8-16-13-5-4-12(14)6-10(13)3/h4-6,9,11,16H,7-8,15H2,1-3H3. The van der Waals surface area contributed by atoms with Crippen LogP contribution in [-0.4, -0.2) is 13.1 Å². The second kappa shape index (κ2) is 5.85. The number of benzene rings is 1. The zero-order valence-corrected chi connectivity index (χ0v) is 10.3. The van der Waals surface area contributed by atoms with Crippen molar-refractivity contribution in [1.82, 2.24) is 0 Å². The summed E-state index contributed by atoms with van der Waals surface area (Å²) in [4.78, 5) is 0. The predicted molar refractivity (Wildman–Crippen MR) is 67.0 cm³/mol. The maximum absolute atomic E-state index is 12.9. The lowest BCUT2D eigenvalue weighted by molar-refractivity contribution is 0.413. The first-order valence-electron chi connectivity index (χ1n) is 5.74. The first kappa shape index (κ1) is 13.0. The van der Waals surface area contributed by atoms with Gasteiger partial charge in [0.2, 0.25) is 0 Å². The zero-order valence-electron chi connectivity index (χ0n) is 10.3. The van der Waals surface area contributed by atoms with Gasteiger partial charge in [0.15, 0.2) is 0 Å². The molecule has 0 saturated carbocycles. The third-order valence-electron chi connectivity index (χ3n) is 2.99. The van der Waals surface area contributed by atoms with Gasteiger partial charge in [0.25, 0.3) is 0 Å². The van der Waals surface area contributed by atoms with Crippen LogP contribution in [0.25, 0.3) is 0 Å².